The molecule has 12 atom stereocenters. The van der Waals surface area contributed by atoms with E-state index in [1.54, 1.807) is 0 Å². The van der Waals surface area contributed by atoms with Gasteiger partial charge in [-0.15, -0.1) is 0 Å². The van der Waals surface area contributed by atoms with Crippen LogP contribution in [-0.4, -0.2) is 84.3 Å². The van der Waals surface area contributed by atoms with Crippen LogP contribution in [0.3, 0.4) is 0 Å². The Balaban J connectivity index is 0.000000216. The SMILES string of the molecule is CCOC(=O)C1(C)C[C@@H](N(Cc2ccccc2)Cc2ccccc2)C[C@H]1CC.CCOC(=O)C1(C)C[C@@H](N)C[C@H]1CC.CCOC(=O)C1(C)C[C@H](N(Cc2ccccc2)Cc2ccccc2)C[C@@H]1CC.CCOC(=O)C1(C)C[C@H](N)C[C@@H]1CC. The molecule has 4 N–H and O–H groups in total. The summed E-state index contributed by atoms with van der Waals surface area (Å²) in [5, 5.41) is 0. The quantitative estimate of drug-likeness (QED) is 0.0566. The van der Waals surface area contributed by atoms with Crippen LogP contribution in [0.4, 0.5) is 0 Å². The fourth-order valence-electron chi connectivity index (χ4n) is 14.6. The number of carbonyl (C=O) groups excluding carboxylic acids is 4. The summed E-state index contributed by atoms with van der Waals surface area (Å²) in [7, 11) is 0. The Kier molecular flexibility index (Phi) is 27.7. The monoisotopic (exact) mass is 1160 g/mol. The number of rotatable bonds is 22. The molecule has 4 aromatic carbocycles. The van der Waals surface area contributed by atoms with E-state index in [4.69, 9.17) is 30.4 Å². The van der Waals surface area contributed by atoms with E-state index in [0.29, 0.717) is 62.2 Å². The zero-order valence-electron chi connectivity index (χ0n) is 53.6. The first-order valence-corrected chi connectivity index (χ1v) is 32.1. The first kappa shape index (κ1) is 69.4. The summed E-state index contributed by atoms with van der Waals surface area (Å²) < 4.78 is 21.2. The van der Waals surface area contributed by atoms with Crippen LogP contribution in [-0.2, 0) is 64.3 Å². The Bertz CT molecular complexity index is 2310. The first-order valence-electron chi connectivity index (χ1n) is 32.1. The lowest BCUT2D eigenvalue weighted by Gasteiger charge is -2.31. The molecule has 0 heterocycles. The highest BCUT2D eigenvalue weighted by atomic mass is 16.5. The molecular formula is C72H108N4O8. The molecule has 0 amide bonds. The fourth-order valence-corrected chi connectivity index (χ4v) is 14.6. The largest absolute Gasteiger partial charge is 0.466 e. The van der Waals surface area contributed by atoms with Gasteiger partial charge in [0.05, 0.1) is 48.1 Å². The van der Waals surface area contributed by atoms with E-state index in [1.807, 2.05) is 41.5 Å². The Morgan fingerprint density at radius 3 is 0.798 bits per heavy atom. The van der Waals surface area contributed by atoms with E-state index < -0.39 is 0 Å². The van der Waals surface area contributed by atoms with E-state index in [-0.39, 0.29) is 57.6 Å². The van der Waals surface area contributed by atoms with Gasteiger partial charge in [0.2, 0.25) is 0 Å². The van der Waals surface area contributed by atoms with Crippen molar-refractivity contribution in [2.24, 2.45) is 56.8 Å². The van der Waals surface area contributed by atoms with Crippen molar-refractivity contribution in [3.8, 4) is 0 Å². The zero-order chi connectivity index (χ0) is 61.5. The van der Waals surface area contributed by atoms with Crippen molar-refractivity contribution >= 4 is 23.9 Å². The summed E-state index contributed by atoms with van der Waals surface area (Å²) in [6, 6.07) is 43.6. The van der Waals surface area contributed by atoms with Gasteiger partial charge in [-0.05, 0) is 153 Å². The van der Waals surface area contributed by atoms with Gasteiger partial charge in [0.1, 0.15) is 0 Å². The Morgan fingerprint density at radius 2 is 0.583 bits per heavy atom. The molecule has 4 aliphatic rings. The third-order valence-corrected chi connectivity index (χ3v) is 19.5. The minimum atomic E-state index is -0.388. The third kappa shape index (κ3) is 18.3. The van der Waals surface area contributed by atoms with Crippen molar-refractivity contribution in [3.63, 3.8) is 0 Å². The average Bonchev–Trinajstić information content (AvgIpc) is 4.14. The molecular weight excluding hydrogens is 1050 g/mol. The lowest BCUT2D eigenvalue weighted by molar-refractivity contribution is -0.157. The van der Waals surface area contributed by atoms with E-state index in [1.165, 1.54) is 22.3 Å². The molecule has 8 rings (SSSR count). The van der Waals surface area contributed by atoms with Crippen LogP contribution in [0.2, 0.25) is 0 Å². The summed E-state index contributed by atoms with van der Waals surface area (Å²) in [5.41, 5.74) is 15.6. The molecule has 4 fully saturated rings. The maximum atomic E-state index is 12.8. The van der Waals surface area contributed by atoms with Gasteiger partial charge in [-0.2, -0.15) is 0 Å². The number of benzene rings is 4. The van der Waals surface area contributed by atoms with E-state index in [9.17, 15) is 19.2 Å². The minimum Gasteiger partial charge on any atom is -0.466 e. The van der Waals surface area contributed by atoms with Gasteiger partial charge >= 0.3 is 23.9 Å². The molecule has 464 valence electrons. The summed E-state index contributed by atoms with van der Waals surface area (Å²) in [4.78, 5) is 54.3. The van der Waals surface area contributed by atoms with Crippen LogP contribution in [0.25, 0.3) is 0 Å². The highest BCUT2D eigenvalue weighted by Crippen LogP contribution is 2.50. The van der Waals surface area contributed by atoms with Crippen molar-refractivity contribution < 1.29 is 38.1 Å². The van der Waals surface area contributed by atoms with E-state index >= 15 is 0 Å². The first-order chi connectivity index (χ1) is 40.2. The lowest BCUT2D eigenvalue weighted by atomic mass is 9.78. The third-order valence-electron chi connectivity index (χ3n) is 19.5. The van der Waals surface area contributed by atoms with Gasteiger partial charge in [-0.1, -0.05) is 175 Å². The standard InChI is InChI=1S/2C25H33NO2.2C11H21NO2/c2*1-4-22-16-23(17-25(22,3)24(27)28-5-2)26(18-20-12-8-6-9-13-20)19-21-14-10-7-11-15-21;2*1-4-8-6-9(12)7-11(8,3)10(13)14-5-2/h2*6-15,22-23H,4-5,16-19H2,1-3H3;2*8-9H,4-7,12H2,1-3H3/t2*22-,23+,25?;2*8-,9+,11?/m1010/s1. The predicted octanol–water partition coefficient (Wildman–Crippen LogP) is 14.3. The Labute approximate surface area is 506 Å². The van der Waals surface area contributed by atoms with E-state index in [0.717, 1.165) is 103 Å². The second kappa shape index (κ2) is 33.5. The van der Waals surface area contributed by atoms with Crippen LogP contribution in [0, 0.1) is 45.3 Å². The maximum Gasteiger partial charge on any atom is 0.312 e. The van der Waals surface area contributed by atoms with Gasteiger partial charge in [0.15, 0.2) is 0 Å². The van der Waals surface area contributed by atoms with Crippen molar-refractivity contribution in [1.82, 2.24) is 9.80 Å². The fraction of sp³-hybridized carbons (Fsp3) is 0.611. The van der Waals surface area contributed by atoms with E-state index in [2.05, 4.69) is 173 Å². The number of esters is 4. The topological polar surface area (TPSA) is 164 Å². The van der Waals surface area contributed by atoms with Crippen LogP contribution >= 0.6 is 0 Å². The summed E-state index contributed by atoms with van der Waals surface area (Å²) >= 11 is 0. The number of nitrogens with two attached hydrogens (primary N) is 2. The van der Waals surface area contributed by atoms with Crippen molar-refractivity contribution in [1.29, 1.82) is 0 Å². The van der Waals surface area contributed by atoms with Gasteiger partial charge in [0.25, 0.3) is 0 Å². The number of carbonyl (C=O) groups is 4. The molecule has 0 aromatic heterocycles. The smallest absolute Gasteiger partial charge is 0.312 e. The number of nitrogens with zero attached hydrogens (tertiary/aromatic N) is 2. The molecule has 4 aromatic rings. The van der Waals surface area contributed by atoms with Crippen molar-refractivity contribution in [2.45, 2.75) is 210 Å². The second-order valence-electron chi connectivity index (χ2n) is 25.3. The molecule has 84 heavy (non-hydrogen) atoms. The summed E-state index contributed by atoms with van der Waals surface area (Å²) in [6.07, 6.45) is 11.3. The highest BCUT2D eigenvalue weighted by molar-refractivity contribution is 5.79. The summed E-state index contributed by atoms with van der Waals surface area (Å²) in [5.74, 6) is 1.32. The van der Waals surface area contributed by atoms with Crippen LogP contribution in [0.1, 0.15) is 182 Å². The lowest BCUT2D eigenvalue weighted by Crippen LogP contribution is -2.36. The molecule has 0 radical (unpaired) electrons. The van der Waals surface area contributed by atoms with Gasteiger partial charge < -0.3 is 30.4 Å². The summed E-state index contributed by atoms with van der Waals surface area (Å²) in [6.45, 7) is 29.7. The molecule has 4 saturated carbocycles. The average molecular weight is 1160 g/mol. The number of ether oxygens (including phenoxy) is 4. The zero-order valence-corrected chi connectivity index (χ0v) is 53.6. The predicted molar refractivity (Wildman–Crippen MR) is 339 cm³/mol. The molecule has 12 heteroatoms. The van der Waals surface area contributed by atoms with Gasteiger partial charge in [0, 0.05) is 50.3 Å². The number of hydrogen-bond donors (Lipinski definition) is 2. The maximum absolute atomic E-state index is 12.8. The Hall–Kier alpha value is -5.40. The number of hydrogen-bond acceptors (Lipinski definition) is 12. The normalized spacial score (nSPS) is 28.7. The van der Waals surface area contributed by atoms with Gasteiger partial charge in [-0.3, -0.25) is 29.0 Å². The molecule has 0 bridgehead atoms. The minimum absolute atomic E-state index is 0.0243. The van der Waals surface area contributed by atoms with Crippen molar-refractivity contribution in [2.75, 3.05) is 26.4 Å². The highest BCUT2D eigenvalue weighted by Gasteiger charge is 2.53. The second-order valence-corrected chi connectivity index (χ2v) is 25.3. The Morgan fingerprint density at radius 1 is 0.369 bits per heavy atom. The molecule has 4 aliphatic carbocycles. The van der Waals surface area contributed by atoms with Crippen molar-refractivity contribution in [3.05, 3.63) is 144 Å². The molecule has 0 spiro atoms. The van der Waals surface area contributed by atoms with Crippen LogP contribution < -0.4 is 11.5 Å². The molecule has 0 aliphatic heterocycles. The van der Waals surface area contributed by atoms with Gasteiger partial charge in [-0.25, -0.2) is 0 Å². The van der Waals surface area contributed by atoms with Crippen LogP contribution in [0.5, 0.6) is 0 Å². The molecule has 4 unspecified atom stereocenters. The molecule has 0 saturated heterocycles. The van der Waals surface area contributed by atoms with Crippen LogP contribution in [0.15, 0.2) is 121 Å². The molecule has 12 nitrogen and oxygen atoms in total.